The van der Waals surface area contributed by atoms with Crippen molar-refractivity contribution >= 4 is 5.78 Å². The van der Waals surface area contributed by atoms with E-state index in [2.05, 4.69) is 0 Å². The number of hydrogen-bond acceptors (Lipinski definition) is 4. The quantitative estimate of drug-likeness (QED) is 0.720. The molecule has 4 heteroatoms. The second-order valence-electron chi connectivity index (χ2n) is 5.34. The van der Waals surface area contributed by atoms with E-state index >= 15 is 0 Å². The van der Waals surface area contributed by atoms with Gasteiger partial charge in [0.15, 0.2) is 5.78 Å². The van der Waals surface area contributed by atoms with Crippen LogP contribution >= 0.6 is 0 Å². The minimum absolute atomic E-state index is 0.0950. The van der Waals surface area contributed by atoms with Crippen LogP contribution in [0.3, 0.4) is 0 Å². The molecule has 2 aromatic rings. The minimum Gasteiger partial charge on any atom is -0.494 e. The normalized spacial score (nSPS) is 11.3. The van der Waals surface area contributed by atoms with Gasteiger partial charge in [0.2, 0.25) is 0 Å². The second-order valence-corrected chi connectivity index (χ2v) is 5.34. The molecule has 0 bridgehead atoms. The zero-order valence-corrected chi connectivity index (χ0v) is 13.5. The average molecular weight is 318 g/mol. The molecule has 2 aromatic carbocycles. The van der Waals surface area contributed by atoms with E-state index in [0.29, 0.717) is 17.9 Å². The van der Waals surface area contributed by atoms with Gasteiger partial charge in [0, 0.05) is 17.9 Å². The van der Waals surface area contributed by atoms with E-state index in [1.54, 1.807) is 24.3 Å². The van der Waals surface area contributed by atoms with Gasteiger partial charge in [-0.3, -0.25) is 4.79 Å². The summed E-state index contributed by atoms with van der Waals surface area (Å²) in [6, 6.07) is 20.2. The van der Waals surface area contributed by atoms with Crippen LogP contribution in [-0.4, -0.2) is 12.4 Å². The van der Waals surface area contributed by atoms with Crippen LogP contribution in [0.2, 0.25) is 0 Å². The van der Waals surface area contributed by atoms with Gasteiger partial charge in [0.1, 0.15) is 11.7 Å². The Bertz CT molecular complexity index is 741. The number of Topliss-reactive ketones (excluding diaryl/α,β-unsaturated/α-hetero) is 1. The lowest BCUT2D eigenvalue weighted by Gasteiger charge is -2.17. The summed E-state index contributed by atoms with van der Waals surface area (Å²) in [6.07, 6.45) is 0.115. The van der Waals surface area contributed by atoms with Crippen molar-refractivity contribution in [1.82, 2.24) is 0 Å². The Kier molecular flexibility index (Phi) is 6.11. The minimum atomic E-state index is -0.862. The molecule has 0 unspecified atom stereocenters. The number of rotatable bonds is 7. The summed E-state index contributed by atoms with van der Waals surface area (Å²) in [5, 5.41) is 18.5. The fourth-order valence-corrected chi connectivity index (χ4v) is 2.56. The lowest BCUT2D eigenvalue weighted by molar-refractivity contribution is 0.0971. The van der Waals surface area contributed by atoms with Crippen molar-refractivity contribution in [2.45, 2.75) is 19.3 Å². The summed E-state index contributed by atoms with van der Waals surface area (Å²) in [5.41, 5.74) is 1.37. The zero-order valence-electron chi connectivity index (χ0n) is 13.5. The van der Waals surface area contributed by atoms with E-state index in [0.717, 1.165) is 5.56 Å². The van der Waals surface area contributed by atoms with E-state index in [4.69, 9.17) is 4.74 Å². The molecule has 0 aromatic heterocycles. The maximum Gasteiger partial charge on any atom is 0.163 e. The average Bonchev–Trinajstić information content (AvgIpc) is 2.63. The summed E-state index contributed by atoms with van der Waals surface area (Å²) in [4.78, 5) is 12.6. The first-order valence-electron chi connectivity index (χ1n) is 7.79. The third-order valence-electron chi connectivity index (χ3n) is 3.80. The molecule has 0 aliphatic rings. The van der Waals surface area contributed by atoms with Crippen molar-refractivity contribution in [3.05, 3.63) is 65.7 Å². The molecule has 1 atom stereocenters. The molecule has 0 radical (unpaired) electrons. The number of carbonyl (C=O) groups excluding carboxylic acids is 1. The molecule has 0 aliphatic carbocycles. The zero-order chi connectivity index (χ0) is 17.4. The number of nitriles is 2. The molecule has 0 aliphatic heterocycles. The highest BCUT2D eigenvalue weighted by Gasteiger charge is 2.26. The molecule has 120 valence electrons. The van der Waals surface area contributed by atoms with E-state index in [1.807, 2.05) is 49.4 Å². The van der Waals surface area contributed by atoms with Gasteiger partial charge in [-0.25, -0.2) is 0 Å². The Hall–Kier alpha value is -3.11. The number of ketones is 1. The molecule has 0 fully saturated rings. The van der Waals surface area contributed by atoms with Crippen LogP contribution in [0.5, 0.6) is 5.75 Å². The first kappa shape index (κ1) is 17.2. The second kappa shape index (κ2) is 8.50. The number of carbonyl (C=O) groups is 1. The molecule has 24 heavy (non-hydrogen) atoms. The van der Waals surface area contributed by atoms with Crippen molar-refractivity contribution in [2.24, 2.45) is 5.92 Å². The van der Waals surface area contributed by atoms with Gasteiger partial charge in [-0.2, -0.15) is 10.5 Å². The molecule has 4 nitrogen and oxygen atoms in total. The number of nitrogens with zero attached hydrogens (tertiary/aromatic N) is 2. The topological polar surface area (TPSA) is 73.9 Å². The predicted octanol–water partition coefficient (Wildman–Crippen LogP) is 4.11. The van der Waals surface area contributed by atoms with Crippen LogP contribution in [0.1, 0.15) is 35.2 Å². The largest absolute Gasteiger partial charge is 0.494 e. The highest BCUT2D eigenvalue weighted by atomic mass is 16.5. The molecule has 2 rings (SSSR count). The lowest BCUT2D eigenvalue weighted by atomic mass is 9.83. The molecule has 0 saturated carbocycles. The smallest absolute Gasteiger partial charge is 0.163 e. The first-order valence-corrected chi connectivity index (χ1v) is 7.79. The monoisotopic (exact) mass is 318 g/mol. The Morgan fingerprint density at radius 3 is 2.21 bits per heavy atom. The maximum atomic E-state index is 12.6. The van der Waals surface area contributed by atoms with Gasteiger partial charge in [-0.15, -0.1) is 0 Å². The van der Waals surface area contributed by atoms with Crippen LogP contribution in [0.4, 0.5) is 0 Å². The molecule has 0 spiro atoms. The van der Waals surface area contributed by atoms with Gasteiger partial charge in [0.05, 0.1) is 18.7 Å². The van der Waals surface area contributed by atoms with Crippen LogP contribution in [0.15, 0.2) is 54.6 Å². The van der Waals surface area contributed by atoms with Crippen molar-refractivity contribution < 1.29 is 9.53 Å². The Morgan fingerprint density at radius 1 is 1.04 bits per heavy atom. The lowest BCUT2D eigenvalue weighted by Crippen LogP contribution is -2.15. The third-order valence-corrected chi connectivity index (χ3v) is 3.80. The van der Waals surface area contributed by atoms with Crippen LogP contribution in [0, 0.1) is 28.6 Å². The van der Waals surface area contributed by atoms with Gasteiger partial charge in [-0.05, 0) is 36.8 Å². The van der Waals surface area contributed by atoms with Gasteiger partial charge in [0.25, 0.3) is 0 Å². The third kappa shape index (κ3) is 4.21. The number of hydrogen-bond donors (Lipinski definition) is 0. The summed E-state index contributed by atoms with van der Waals surface area (Å²) >= 11 is 0. The molecule has 0 amide bonds. The molecule has 0 saturated heterocycles. The van der Waals surface area contributed by atoms with Gasteiger partial charge >= 0.3 is 0 Å². The van der Waals surface area contributed by atoms with Crippen molar-refractivity contribution in [1.29, 1.82) is 10.5 Å². The van der Waals surface area contributed by atoms with Crippen LogP contribution in [0.25, 0.3) is 0 Å². The van der Waals surface area contributed by atoms with Crippen LogP contribution in [-0.2, 0) is 0 Å². The van der Waals surface area contributed by atoms with E-state index in [9.17, 15) is 15.3 Å². The molecule has 0 heterocycles. The summed E-state index contributed by atoms with van der Waals surface area (Å²) < 4.78 is 5.37. The Morgan fingerprint density at radius 2 is 1.67 bits per heavy atom. The van der Waals surface area contributed by atoms with Gasteiger partial charge in [-0.1, -0.05) is 30.3 Å². The van der Waals surface area contributed by atoms with Crippen molar-refractivity contribution in [2.75, 3.05) is 6.61 Å². The van der Waals surface area contributed by atoms with Crippen molar-refractivity contribution in [3.8, 4) is 17.9 Å². The summed E-state index contributed by atoms with van der Waals surface area (Å²) in [7, 11) is 0. The maximum absolute atomic E-state index is 12.6. The summed E-state index contributed by atoms with van der Waals surface area (Å²) in [5.74, 6) is -0.692. The van der Waals surface area contributed by atoms with Gasteiger partial charge < -0.3 is 4.74 Å². The SMILES string of the molecule is CCOc1ccc(C(=O)C[C@H](c2ccccc2)C(C#N)C#N)cc1. The highest BCUT2D eigenvalue weighted by Crippen LogP contribution is 2.29. The Labute approximate surface area is 141 Å². The fraction of sp³-hybridized carbons (Fsp3) is 0.250. The molecular weight excluding hydrogens is 300 g/mol. The van der Waals surface area contributed by atoms with E-state index < -0.39 is 11.8 Å². The number of ether oxygens (including phenoxy) is 1. The molecule has 0 N–H and O–H groups in total. The highest BCUT2D eigenvalue weighted by molar-refractivity contribution is 5.96. The fourth-order valence-electron chi connectivity index (χ4n) is 2.56. The molecular formula is C20H18N2O2. The van der Waals surface area contributed by atoms with Crippen molar-refractivity contribution in [3.63, 3.8) is 0 Å². The Balaban J connectivity index is 2.21. The van der Waals surface area contributed by atoms with E-state index in [-0.39, 0.29) is 12.2 Å². The van der Waals surface area contributed by atoms with Crippen LogP contribution < -0.4 is 4.74 Å². The summed E-state index contributed by atoms with van der Waals surface area (Å²) in [6.45, 7) is 2.46. The number of benzene rings is 2. The predicted molar refractivity (Wildman–Crippen MR) is 90.5 cm³/mol. The first-order chi connectivity index (χ1) is 11.7. The van der Waals surface area contributed by atoms with E-state index in [1.165, 1.54) is 0 Å². The standard InChI is InChI=1S/C20H18N2O2/c1-2-24-18-10-8-16(9-11-18)20(23)12-19(17(13-21)14-22)15-6-4-3-5-7-15/h3-11,17,19H,2,12H2,1H3/t19-/m1/s1.